The fourth-order valence-electron chi connectivity index (χ4n) is 2.32. The van der Waals surface area contributed by atoms with Gasteiger partial charge in [0.05, 0.1) is 0 Å². The molecule has 132 valence electrons. The lowest BCUT2D eigenvalue weighted by Gasteiger charge is -2.28. The number of hydrogen-bond donors (Lipinski definition) is 0. The molecule has 0 bridgehead atoms. The Morgan fingerprint density at radius 2 is 1.22 bits per heavy atom. The molecule has 0 N–H and O–H groups in total. The van der Waals surface area contributed by atoms with Crippen molar-refractivity contribution in [1.82, 2.24) is 9.80 Å². The molecule has 0 aromatic heterocycles. The van der Waals surface area contributed by atoms with Crippen LogP contribution in [0.1, 0.15) is 65.2 Å². The summed E-state index contributed by atoms with van der Waals surface area (Å²) in [6.07, 6.45) is 0. The summed E-state index contributed by atoms with van der Waals surface area (Å²) in [5, 5.41) is 0. The highest BCUT2D eigenvalue weighted by Crippen LogP contribution is 2.32. The molecule has 1 aromatic carbocycles. The SMILES string of the molecule is CC(C)N(C)Cc1cc(C(C)(C)C)cc(CN(C)C(C)C)c1Br. The third-order valence-electron chi connectivity index (χ3n) is 4.69. The van der Waals surface area contributed by atoms with Gasteiger partial charge in [0.25, 0.3) is 0 Å². The van der Waals surface area contributed by atoms with E-state index in [4.69, 9.17) is 0 Å². The van der Waals surface area contributed by atoms with Gasteiger partial charge in [-0.3, -0.25) is 9.80 Å². The van der Waals surface area contributed by atoms with Crippen LogP contribution in [0, 0.1) is 0 Å². The third kappa shape index (κ3) is 5.88. The van der Waals surface area contributed by atoms with Gasteiger partial charge in [-0.1, -0.05) is 48.8 Å². The Bertz CT molecular complexity index is 478. The van der Waals surface area contributed by atoms with Crippen molar-refractivity contribution in [3.8, 4) is 0 Å². The van der Waals surface area contributed by atoms with E-state index < -0.39 is 0 Å². The predicted octanol–water partition coefficient (Wildman–Crippen LogP) is 5.43. The maximum absolute atomic E-state index is 3.88. The van der Waals surface area contributed by atoms with Crippen LogP contribution >= 0.6 is 15.9 Å². The average molecular weight is 383 g/mol. The zero-order valence-electron chi connectivity index (χ0n) is 16.5. The Morgan fingerprint density at radius 3 is 1.48 bits per heavy atom. The Morgan fingerprint density at radius 1 is 0.870 bits per heavy atom. The molecule has 0 unspecified atom stereocenters. The Balaban J connectivity index is 3.28. The molecular weight excluding hydrogens is 348 g/mol. The molecule has 23 heavy (non-hydrogen) atoms. The highest BCUT2D eigenvalue weighted by molar-refractivity contribution is 9.10. The van der Waals surface area contributed by atoms with Crippen LogP contribution in [0.5, 0.6) is 0 Å². The minimum absolute atomic E-state index is 0.164. The van der Waals surface area contributed by atoms with Crippen molar-refractivity contribution in [3.63, 3.8) is 0 Å². The first-order valence-electron chi connectivity index (χ1n) is 8.65. The van der Waals surface area contributed by atoms with Crippen LogP contribution in [-0.4, -0.2) is 36.0 Å². The normalized spacial score (nSPS) is 13.0. The van der Waals surface area contributed by atoms with E-state index in [2.05, 4.69) is 100 Å². The van der Waals surface area contributed by atoms with Gasteiger partial charge in [0.15, 0.2) is 0 Å². The second-order valence-corrected chi connectivity index (χ2v) is 9.17. The fraction of sp³-hybridized carbons (Fsp3) is 0.700. The van der Waals surface area contributed by atoms with Crippen LogP contribution in [0.4, 0.5) is 0 Å². The summed E-state index contributed by atoms with van der Waals surface area (Å²) in [5.41, 5.74) is 4.36. The fourth-order valence-corrected chi connectivity index (χ4v) is 2.80. The van der Waals surface area contributed by atoms with Gasteiger partial charge in [-0.05, 0) is 63.9 Å². The van der Waals surface area contributed by atoms with Crippen molar-refractivity contribution in [2.45, 2.75) is 79.1 Å². The summed E-state index contributed by atoms with van der Waals surface area (Å²) in [7, 11) is 4.39. The summed E-state index contributed by atoms with van der Waals surface area (Å²) >= 11 is 3.88. The first-order chi connectivity index (χ1) is 10.4. The summed E-state index contributed by atoms with van der Waals surface area (Å²) in [5.74, 6) is 0. The van der Waals surface area contributed by atoms with Crippen LogP contribution < -0.4 is 0 Å². The largest absolute Gasteiger partial charge is 0.300 e. The highest BCUT2D eigenvalue weighted by atomic mass is 79.9. The van der Waals surface area contributed by atoms with E-state index in [0.29, 0.717) is 12.1 Å². The number of hydrogen-bond acceptors (Lipinski definition) is 2. The van der Waals surface area contributed by atoms with Crippen LogP contribution in [0.3, 0.4) is 0 Å². The predicted molar refractivity (Wildman–Crippen MR) is 106 cm³/mol. The van der Waals surface area contributed by atoms with Crippen LogP contribution in [-0.2, 0) is 18.5 Å². The molecule has 0 aliphatic rings. The Hall–Kier alpha value is -0.380. The number of nitrogens with zero attached hydrogens (tertiary/aromatic N) is 2. The minimum Gasteiger partial charge on any atom is -0.300 e. The molecule has 0 heterocycles. The maximum atomic E-state index is 3.88. The lowest BCUT2D eigenvalue weighted by molar-refractivity contribution is 0.260. The maximum Gasteiger partial charge on any atom is 0.0265 e. The van der Waals surface area contributed by atoms with Gasteiger partial charge in [-0.2, -0.15) is 0 Å². The molecule has 1 rings (SSSR count). The molecule has 0 saturated heterocycles. The summed E-state index contributed by atoms with van der Waals surface area (Å²) < 4.78 is 1.27. The second-order valence-electron chi connectivity index (χ2n) is 8.38. The quantitative estimate of drug-likeness (QED) is 0.647. The topological polar surface area (TPSA) is 6.48 Å². The van der Waals surface area contributed by atoms with Gasteiger partial charge in [0.2, 0.25) is 0 Å². The van der Waals surface area contributed by atoms with Crippen molar-refractivity contribution in [2.75, 3.05) is 14.1 Å². The monoisotopic (exact) mass is 382 g/mol. The van der Waals surface area contributed by atoms with Crippen LogP contribution in [0.25, 0.3) is 0 Å². The molecule has 0 radical (unpaired) electrons. The summed E-state index contributed by atoms with van der Waals surface area (Å²) in [6, 6.07) is 5.84. The van der Waals surface area contributed by atoms with E-state index >= 15 is 0 Å². The van der Waals surface area contributed by atoms with Crippen LogP contribution in [0.2, 0.25) is 0 Å². The molecule has 0 spiro atoms. The van der Waals surface area contributed by atoms with E-state index in [9.17, 15) is 0 Å². The lowest BCUT2D eigenvalue weighted by atomic mass is 9.85. The number of rotatable bonds is 6. The standard InChI is InChI=1S/C20H35BrN2/c1-14(2)22(8)12-16-10-18(20(5,6)7)11-17(19(16)21)13-23(9)15(3)4/h10-11,14-15H,12-13H2,1-9H3. The Kier molecular flexibility index (Phi) is 7.31. The molecular formula is C20H35BrN2. The highest BCUT2D eigenvalue weighted by Gasteiger charge is 2.20. The van der Waals surface area contributed by atoms with E-state index in [1.165, 1.54) is 21.2 Å². The molecule has 1 aromatic rings. The van der Waals surface area contributed by atoms with Crippen molar-refractivity contribution in [2.24, 2.45) is 0 Å². The molecule has 0 aliphatic heterocycles. The lowest BCUT2D eigenvalue weighted by Crippen LogP contribution is -2.28. The van der Waals surface area contributed by atoms with E-state index in [0.717, 1.165) is 13.1 Å². The van der Waals surface area contributed by atoms with Gasteiger partial charge in [0.1, 0.15) is 0 Å². The third-order valence-corrected chi connectivity index (χ3v) is 5.71. The minimum atomic E-state index is 0.164. The molecule has 3 heteroatoms. The van der Waals surface area contributed by atoms with Crippen molar-refractivity contribution < 1.29 is 0 Å². The molecule has 0 saturated carbocycles. The van der Waals surface area contributed by atoms with Gasteiger partial charge in [0, 0.05) is 29.6 Å². The molecule has 0 amide bonds. The molecule has 2 nitrogen and oxygen atoms in total. The molecule has 0 atom stereocenters. The van der Waals surface area contributed by atoms with Gasteiger partial charge in [-0.25, -0.2) is 0 Å². The number of halogens is 1. The van der Waals surface area contributed by atoms with Crippen molar-refractivity contribution in [3.05, 3.63) is 33.3 Å². The zero-order valence-corrected chi connectivity index (χ0v) is 18.1. The second kappa shape index (κ2) is 8.13. The van der Waals surface area contributed by atoms with Crippen molar-refractivity contribution in [1.29, 1.82) is 0 Å². The summed E-state index contributed by atoms with van der Waals surface area (Å²) in [6.45, 7) is 17.8. The first-order valence-corrected chi connectivity index (χ1v) is 9.45. The van der Waals surface area contributed by atoms with E-state index in [1.54, 1.807) is 0 Å². The summed E-state index contributed by atoms with van der Waals surface area (Å²) in [4.78, 5) is 4.78. The van der Waals surface area contributed by atoms with Crippen LogP contribution in [0.15, 0.2) is 16.6 Å². The van der Waals surface area contributed by atoms with Gasteiger partial charge < -0.3 is 0 Å². The van der Waals surface area contributed by atoms with E-state index in [-0.39, 0.29) is 5.41 Å². The van der Waals surface area contributed by atoms with Gasteiger partial charge >= 0.3 is 0 Å². The van der Waals surface area contributed by atoms with E-state index in [1.807, 2.05) is 0 Å². The Labute approximate surface area is 152 Å². The number of benzene rings is 1. The smallest absolute Gasteiger partial charge is 0.0265 e. The average Bonchev–Trinajstić information content (AvgIpc) is 2.41. The molecule has 0 fully saturated rings. The first kappa shape index (κ1) is 20.7. The van der Waals surface area contributed by atoms with Crippen molar-refractivity contribution >= 4 is 15.9 Å². The molecule has 0 aliphatic carbocycles. The van der Waals surface area contributed by atoms with Gasteiger partial charge in [-0.15, -0.1) is 0 Å². The zero-order chi connectivity index (χ0) is 17.9.